The first-order valence-corrected chi connectivity index (χ1v) is 13.7. The Kier molecular flexibility index (Phi) is 6.84. The molecular weight excluding hydrogens is 434 g/mol. The maximum absolute atomic E-state index is 4.96. The minimum absolute atomic E-state index is 0.612. The molecule has 0 atom stereocenters. The zero-order chi connectivity index (χ0) is 25.4. The third-order valence-corrected chi connectivity index (χ3v) is 7.11. The highest BCUT2D eigenvalue weighted by Gasteiger charge is 2.14. The van der Waals surface area contributed by atoms with Crippen LogP contribution in [0, 0.1) is 17.8 Å². The van der Waals surface area contributed by atoms with E-state index in [9.17, 15) is 0 Å². The maximum Gasteiger partial charge on any atom is 0.0780 e. The molecule has 0 unspecified atom stereocenters. The summed E-state index contributed by atoms with van der Waals surface area (Å²) in [6.45, 7) is 13.8. The molecule has 0 amide bonds. The summed E-state index contributed by atoms with van der Waals surface area (Å²) in [6, 6.07) is 25.3. The lowest BCUT2D eigenvalue weighted by Gasteiger charge is -2.16. The first-order valence-electron chi connectivity index (χ1n) is 13.7. The van der Waals surface area contributed by atoms with E-state index >= 15 is 0 Å². The van der Waals surface area contributed by atoms with Crippen molar-refractivity contribution >= 4 is 32.3 Å². The highest BCUT2D eigenvalue weighted by atomic mass is 14.7. The Hall–Kier alpha value is -3.19. The van der Waals surface area contributed by atoms with Gasteiger partial charge < -0.3 is 0 Å². The molecular formula is C35H39N. The molecule has 5 aromatic rings. The second kappa shape index (κ2) is 10.1. The smallest absolute Gasteiger partial charge is 0.0780 e. The SMILES string of the molecule is CC(C)Cc1cc(CC(C)C)cc(-c2nccc3c2ccc2c4ccccc4c(CC(C)C)cc32)c1. The van der Waals surface area contributed by atoms with Crippen LogP contribution in [0.4, 0.5) is 0 Å². The van der Waals surface area contributed by atoms with Crippen molar-refractivity contribution in [2.45, 2.75) is 60.8 Å². The summed E-state index contributed by atoms with van der Waals surface area (Å²) in [6.07, 6.45) is 5.28. The Labute approximate surface area is 216 Å². The van der Waals surface area contributed by atoms with Crippen molar-refractivity contribution in [2.75, 3.05) is 0 Å². The molecule has 1 nitrogen and oxygen atoms in total. The van der Waals surface area contributed by atoms with Gasteiger partial charge >= 0.3 is 0 Å². The van der Waals surface area contributed by atoms with Crippen LogP contribution in [0.3, 0.4) is 0 Å². The Balaban J connectivity index is 1.76. The number of fused-ring (bicyclic) bond motifs is 5. The van der Waals surface area contributed by atoms with Crippen molar-refractivity contribution in [1.29, 1.82) is 0 Å². The van der Waals surface area contributed by atoms with Gasteiger partial charge in [-0.3, -0.25) is 4.98 Å². The lowest BCUT2D eigenvalue weighted by Crippen LogP contribution is -2.00. The third kappa shape index (κ3) is 4.89. The molecule has 36 heavy (non-hydrogen) atoms. The molecule has 0 fully saturated rings. The van der Waals surface area contributed by atoms with Crippen LogP contribution in [0.25, 0.3) is 43.6 Å². The number of rotatable bonds is 7. The van der Waals surface area contributed by atoms with Crippen LogP contribution in [0.5, 0.6) is 0 Å². The highest BCUT2D eigenvalue weighted by molar-refractivity contribution is 6.19. The number of pyridine rings is 1. The second-order valence-electron chi connectivity index (χ2n) is 11.8. The largest absolute Gasteiger partial charge is 0.256 e. The Morgan fingerprint density at radius 3 is 1.72 bits per heavy atom. The summed E-state index contributed by atoms with van der Waals surface area (Å²) >= 11 is 0. The van der Waals surface area contributed by atoms with Crippen molar-refractivity contribution in [2.24, 2.45) is 17.8 Å². The van der Waals surface area contributed by atoms with Crippen LogP contribution in [0.1, 0.15) is 58.2 Å². The number of aromatic nitrogens is 1. The van der Waals surface area contributed by atoms with E-state index in [-0.39, 0.29) is 0 Å². The van der Waals surface area contributed by atoms with Gasteiger partial charge in [0.25, 0.3) is 0 Å². The van der Waals surface area contributed by atoms with Crippen molar-refractivity contribution < 1.29 is 0 Å². The Bertz CT molecular complexity index is 1510. The van der Waals surface area contributed by atoms with Gasteiger partial charge in [-0.25, -0.2) is 0 Å². The van der Waals surface area contributed by atoms with Gasteiger partial charge in [-0.1, -0.05) is 84.0 Å². The number of benzene rings is 4. The summed E-state index contributed by atoms with van der Waals surface area (Å²) in [4.78, 5) is 4.96. The van der Waals surface area contributed by atoms with Crippen LogP contribution in [0.15, 0.2) is 72.9 Å². The molecule has 0 saturated heterocycles. The molecule has 0 aliphatic rings. The molecule has 1 heteroatoms. The molecule has 4 aromatic carbocycles. The molecule has 0 aliphatic heterocycles. The molecule has 0 aliphatic carbocycles. The van der Waals surface area contributed by atoms with Crippen LogP contribution in [-0.2, 0) is 19.3 Å². The first kappa shape index (κ1) is 24.5. The van der Waals surface area contributed by atoms with E-state index in [1.807, 2.05) is 6.20 Å². The minimum atomic E-state index is 0.612. The maximum atomic E-state index is 4.96. The molecule has 0 bridgehead atoms. The zero-order valence-corrected chi connectivity index (χ0v) is 22.7. The summed E-state index contributed by atoms with van der Waals surface area (Å²) in [5, 5.41) is 7.94. The summed E-state index contributed by atoms with van der Waals surface area (Å²) in [5.74, 6) is 1.87. The number of nitrogens with zero attached hydrogens (tertiary/aromatic N) is 1. The lowest BCUT2D eigenvalue weighted by molar-refractivity contribution is 0.636. The van der Waals surface area contributed by atoms with Crippen molar-refractivity contribution in [3.05, 3.63) is 89.6 Å². The van der Waals surface area contributed by atoms with Crippen LogP contribution in [0.2, 0.25) is 0 Å². The van der Waals surface area contributed by atoms with Crippen LogP contribution in [-0.4, -0.2) is 4.98 Å². The highest BCUT2D eigenvalue weighted by Crippen LogP contribution is 2.37. The van der Waals surface area contributed by atoms with E-state index in [1.54, 1.807) is 0 Å². The average Bonchev–Trinajstić information content (AvgIpc) is 2.82. The van der Waals surface area contributed by atoms with Gasteiger partial charge in [0.15, 0.2) is 0 Å². The summed E-state index contributed by atoms with van der Waals surface area (Å²) in [5.41, 5.74) is 6.63. The Morgan fingerprint density at radius 2 is 1.08 bits per heavy atom. The lowest BCUT2D eigenvalue weighted by atomic mass is 9.89. The van der Waals surface area contributed by atoms with Gasteiger partial charge in [-0.15, -0.1) is 0 Å². The third-order valence-electron chi connectivity index (χ3n) is 7.11. The Morgan fingerprint density at radius 1 is 0.528 bits per heavy atom. The summed E-state index contributed by atoms with van der Waals surface area (Å²) in [7, 11) is 0. The van der Waals surface area contributed by atoms with Crippen molar-refractivity contribution in [1.82, 2.24) is 4.98 Å². The van der Waals surface area contributed by atoms with Gasteiger partial charge in [-0.2, -0.15) is 0 Å². The van der Waals surface area contributed by atoms with E-state index in [0.29, 0.717) is 17.8 Å². The molecule has 184 valence electrons. The fourth-order valence-electron chi connectivity index (χ4n) is 5.84. The van der Waals surface area contributed by atoms with Gasteiger partial charge in [0.1, 0.15) is 0 Å². The van der Waals surface area contributed by atoms with Gasteiger partial charge in [0.05, 0.1) is 5.69 Å². The van der Waals surface area contributed by atoms with Crippen molar-refractivity contribution in [3.8, 4) is 11.3 Å². The van der Waals surface area contributed by atoms with Crippen LogP contribution >= 0.6 is 0 Å². The predicted octanol–water partition coefficient (Wildman–Crippen LogP) is 9.80. The number of hydrogen-bond acceptors (Lipinski definition) is 1. The van der Waals surface area contributed by atoms with Gasteiger partial charge in [-0.05, 0) is 105 Å². The molecule has 1 aromatic heterocycles. The molecule has 0 N–H and O–H groups in total. The van der Waals surface area contributed by atoms with E-state index in [2.05, 4.69) is 108 Å². The summed E-state index contributed by atoms with van der Waals surface area (Å²) < 4.78 is 0. The van der Waals surface area contributed by atoms with E-state index in [0.717, 1.165) is 25.0 Å². The topological polar surface area (TPSA) is 12.9 Å². The molecule has 0 spiro atoms. The second-order valence-corrected chi connectivity index (χ2v) is 11.8. The molecule has 5 rings (SSSR count). The zero-order valence-electron chi connectivity index (χ0n) is 22.7. The molecule has 0 radical (unpaired) electrons. The van der Waals surface area contributed by atoms with Gasteiger partial charge in [0.2, 0.25) is 0 Å². The normalized spacial score (nSPS) is 12.1. The standard InChI is InChI=1S/C35H39N/c1-22(2)15-25-18-26(16-23(3)4)20-28(19-25)35-33-12-11-31-30-10-8-7-9-29(30)27(17-24(5)6)21-34(31)32(33)13-14-36-35/h7-14,18-24H,15-17H2,1-6H3. The van der Waals surface area contributed by atoms with Gasteiger partial charge in [0, 0.05) is 17.1 Å². The average molecular weight is 474 g/mol. The fourth-order valence-corrected chi connectivity index (χ4v) is 5.84. The monoisotopic (exact) mass is 473 g/mol. The molecule has 1 heterocycles. The van der Waals surface area contributed by atoms with E-state index in [4.69, 9.17) is 4.98 Å². The minimum Gasteiger partial charge on any atom is -0.256 e. The quantitative estimate of drug-likeness (QED) is 0.214. The molecule has 0 saturated carbocycles. The number of hydrogen-bond donors (Lipinski definition) is 0. The van der Waals surface area contributed by atoms with Crippen LogP contribution < -0.4 is 0 Å². The van der Waals surface area contributed by atoms with Crippen molar-refractivity contribution in [3.63, 3.8) is 0 Å². The van der Waals surface area contributed by atoms with E-state index < -0.39 is 0 Å². The fraction of sp³-hybridized carbons (Fsp3) is 0.343. The predicted molar refractivity (Wildman–Crippen MR) is 158 cm³/mol. The van der Waals surface area contributed by atoms with E-state index in [1.165, 1.54) is 54.6 Å². The first-order chi connectivity index (χ1) is 17.3.